The van der Waals surface area contributed by atoms with Crippen LogP contribution in [0, 0.1) is 11.8 Å². The molecule has 6 nitrogen and oxygen atoms in total. The third kappa shape index (κ3) is 4.16. The summed E-state index contributed by atoms with van der Waals surface area (Å²) in [5.74, 6) is 3.49. The van der Waals surface area contributed by atoms with Crippen molar-refractivity contribution in [2.45, 2.75) is 32.6 Å². The van der Waals surface area contributed by atoms with Crippen LogP contribution in [0.2, 0.25) is 0 Å². The molecule has 132 valence electrons. The molecular formula is C18H30N6. The lowest BCUT2D eigenvalue weighted by Crippen LogP contribution is -2.53. The summed E-state index contributed by atoms with van der Waals surface area (Å²) in [6.07, 6.45) is 9.12. The van der Waals surface area contributed by atoms with E-state index >= 15 is 0 Å². The minimum absolute atomic E-state index is 0.787. The Hall–Kier alpha value is -1.85. The van der Waals surface area contributed by atoms with E-state index in [1.165, 1.54) is 25.7 Å². The summed E-state index contributed by atoms with van der Waals surface area (Å²) in [6, 6.07) is 1.86. The summed E-state index contributed by atoms with van der Waals surface area (Å²) in [4.78, 5) is 17.8. The van der Waals surface area contributed by atoms with Crippen molar-refractivity contribution < 1.29 is 0 Å². The molecule has 2 aliphatic rings. The largest absolute Gasteiger partial charge is 0.356 e. The van der Waals surface area contributed by atoms with Gasteiger partial charge in [0.15, 0.2) is 5.96 Å². The Balaban J connectivity index is 1.49. The molecule has 1 aliphatic heterocycles. The van der Waals surface area contributed by atoms with E-state index in [1.807, 2.05) is 13.1 Å². The molecular weight excluding hydrogens is 300 g/mol. The lowest BCUT2D eigenvalue weighted by atomic mass is 9.80. The molecule has 0 spiro atoms. The zero-order chi connectivity index (χ0) is 16.8. The molecule has 0 amide bonds. The number of hydrogen-bond donors (Lipinski definition) is 1. The molecule has 1 aliphatic carbocycles. The molecule has 1 aromatic rings. The first-order chi connectivity index (χ1) is 11.8. The van der Waals surface area contributed by atoms with Gasteiger partial charge >= 0.3 is 0 Å². The molecule has 1 aromatic heterocycles. The van der Waals surface area contributed by atoms with Crippen LogP contribution in [0.25, 0.3) is 0 Å². The van der Waals surface area contributed by atoms with E-state index in [9.17, 15) is 0 Å². The highest BCUT2D eigenvalue weighted by Crippen LogP contribution is 2.28. The van der Waals surface area contributed by atoms with E-state index in [4.69, 9.17) is 0 Å². The zero-order valence-electron chi connectivity index (χ0n) is 15.0. The quantitative estimate of drug-likeness (QED) is 0.678. The van der Waals surface area contributed by atoms with Crippen molar-refractivity contribution in [2.24, 2.45) is 16.8 Å². The van der Waals surface area contributed by atoms with Crippen molar-refractivity contribution in [2.75, 3.05) is 44.7 Å². The number of anilines is 1. The Morgan fingerprint density at radius 3 is 2.54 bits per heavy atom. The van der Waals surface area contributed by atoms with Gasteiger partial charge in [0, 0.05) is 52.2 Å². The maximum absolute atomic E-state index is 4.50. The third-order valence-corrected chi connectivity index (χ3v) is 5.44. The molecule has 24 heavy (non-hydrogen) atoms. The molecule has 2 heterocycles. The molecule has 1 N–H and O–H groups in total. The number of piperazine rings is 1. The number of hydrogen-bond acceptors (Lipinski definition) is 4. The van der Waals surface area contributed by atoms with Crippen LogP contribution in [0.1, 0.15) is 32.6 Å². The molecule has 2 unspecified atom stereocenters. The van der Waals surface area contributed by atoms with Crippen LogP contribution in [0.5, 0.6) is 0 Å². The SMILES string of the molecule is CN=C(NCC1CCCCC1C)N1CCN(c2ncccn2)CC1. The molecule has 6 heteroatoms. The van der Waals surface area contributed by atoms with E-state index in [0.29, 0.717) is 0 Å². The fourth-order valence-electron chi connectivity index (χ4n) is 3.82. The smallest absolute Gasteiger partial charge is 0.225 e. The van der Waals surface area contributed by atoms with Crippen LogP contribution < -0.4 is 10.2 Å². The van der Waals surface area contributed by atoms with E-state index in [2.05, 4.69) is 37.0 Å². The number of aliphatic imine (C=N–C) groups is 1. The Morgan fingerprint density at radius 2 is 1.88 bits per heavy atom. The van der Waals surface area contributed by atoms with Crippen molar-refractivity contribution in [1.82, 2.24) is 20.2 Å². The molecule has 1 saturated carbocycles. The fourth-order valence-corrected chi connectivity index (χ4v) is 3.82. The van der Waals surface area contributed by atoms with Gasteiger partial charge in [-0.15, -0.1) is 0 Å². The Morgan fingerprint density at radius 1 is 1.17 bits per heavy atom. The number of aromatic nitrogens is 2. The number of nitrogens with zero attached hydrogens (tertiary/aromatic N) is 5. The standard InChI is InChI=1S/C18H30N6/c1-15-6-3-4-7-16(15)14-22-17(19-2)23-10-12-24(13-11-23)18-20-8-5-9-21-18/h5,8-9,15-16H,3-4,6-7,10-14H2,1-2H3,(H,19,22). The summed E-state index contributed by atoms with van der Waals surface area (Å²) in [5.41, 5.74) is 0. The minimum atomic E-state index is 0.787. The zero-order valence-corrected chi connectivity index (χ0v) is 15.0. The van der Waals surface area contributed by atoms with Crippen molar-refractivity contribution in [3.8, 4) is 0 Å². The van der Waals surface area contributed by atoms with Crippen molar-refractivity contribution in [3.63, 3.8) is 0 Å². The molecule has 2 atom stereocenters. The van der Waals surface area contributed by atoms with Gasteiger partial charge < -0.3 is 15.1 Å². The van der Waals surface area contributed by atoms with Crippen molar-refractivity contribution >= 4 is 11.9 Å². The first-order valence-electron chi connectivity index (χ1n) is 9.25. The highest BCUT2D eigenvalue weighted by molar-refractivity contribution is 5.80. The highest BCUT2D eigenvalue weighted by Gasteiger charge is 2.24. The molecule has 0 radical (unpaired) electrons. The van der Waals surface area contributed by atoms with Gasteiger partial charge in [-0.1, -0.05) is 26.2 Å². The average molecular weight is 330 g/mol. The molecule has 2 fully saturated rings. The van der Waals surface area contributed by atoms with E-state index < -0.39 is 0 Å². The summed E-state index contributed by atoms with van der Waals surface area (Å²) >= 11 is 0. The summed E-state index contributed by atoms with van der Waals surface area (Å²) in [7, 11) is 1.89. The molecule has 1 saturated heterocycles. The maximum Gasteiger partial charge on any atom is 0.225 e. The van der Waals surface area contributed by atoms with Crippen LogP contribution in [0.3, 0.4) is 0 Å². The van der Waals surface area contributed by atoms with Gasteiger partial charge in [-0.25, -0.2) is 9.97 Å². The van der Waals surface area contributed by atoms with Gasteiger partial charge in [-0.2, -0.15) is 0 Å². The van der Waals surface area contributed by atoms with Crippen molar-refractivity contribution in [3.05, 3.63) is 18.5 Å². The monoisotopic (exact) mass is 330 g/mol. The average Bonchev–Trinajstić information content (AvgIpc) is 2.65. The second-order valence-corrected chi connectivity index (χ2v) is 6.97. The fraction of sp³-hybridized carbons (Fsp3) is 0.722. The second kappa shape index (κ2) is 8.31. The topological polar surface area (TPSA) is 56.7 Å². The Labute approximate surface area is 145 Å². The first kappa shape index (κ1) is 17.0. The number of nitrogens with one attached hydrogen (secondary N) is 1. The lowest BCUT2D eigenvalue weighted by Gasteiger charge is -2.37. The van der Waals surface area contributed by atoms with Crippen molar-refractivity contribution in [1.29, 1.82) is 0 Å². The Kier molecular flexibility index (Phi) is 5.88. The predicted octanol–water partition coefficient (Wildman–Crippen LogP) is 2.00. The number of guanidine groups is 1. The van der Waals surface area contributed by atoms with E-state index in [-0.39, 0.29) is 0 Å². The predicted molar refractivity (Wildman–Crippen MR) is 98.3 cm³/mol. The van der Waals surface area contributed by atoms with Gasteiger partial charge in [0.2, 0.25) is 5.95 Å². The van der Waals surface area contributed by atoms with E-state index in [1.54, 1.807) is 12.4 Å². The van der Waals surface area contributed by atoms with Crippen LogP contribution in [-0.4, -0.2) is 60.6 Å². The van der Waals surface area contributed by atoms with E-state index in [0.717, 1.165) is 56.5 Å². The Bertz CT molecular complexity index is 524. The summed E-state index contributed by atoms with van der Waals surface area (Å²) in [5, 5.41) is 3.62. The highest BCUT2D eigenvalue weighted by atomic mass is 15.4. The number of rotatable bonds is 3. The van der Waals surface area contributed by atoms with Crippen LogP contribution in [-0.2, 0) is 0 Å². The van der Waals surface area contributed by atoms with Gasteiger partial charge in [0.05, 0.1) is 0 Å². The maximum atomic E-state index is 4.50. The lowest BCUT2D eigenvalue weighted by molar-refractivity contribution is 0.252. The van der Waals surface area contributed by atoms with Crippen LogP contribution >= 0.6 is 0 Å². The normalized spacial score (nSPS) is 25.7. The second-order valence-electron chi connectivity index (χ2n) is 6.97. The summed E-state index contributed by atoms with van der Waals surface area (Å²) in [6.45, 7) is 7.23. The van der Waals surface area contributed by atoms with Gasteiger partial charge in [0.1, 0.15) is 0 Å². The first-order valence-corrected chi connectivity index (χ1v) is 9.25. The van der Waals surface area contributed by atoms with Gasteiger partial charge in [-0.05, 0) is 24.3 Å². The van der Waals surface area contributed by atoms with Gasteiger partial charge in [0.25, 0.3) is 0 Å². The summed E-state index contributed by atoms with van der Waals surface area (Å²) < 4.78 is 0. The van der Waals surface area contributed by atoms with Crippen LogP contribution in [0.4, 0.5) is 5.95 Å². The third-order valence-electron chi connectivity index (χ3n) is 5.44. The molecule has 0 aromatic carbocycles. The molecule has 3 rings (SSSR count). The molecule has 0 bridgehead atoms. The van der Waals surface area contributed by atoms with Crippen LogP contribution in [0.15, 0.2) is 23.5 Å². The minimum Gasteiger partial charge on any atom is -0.356 e. The van der Waals surface area contributed by atoms with Gasteiger partial charge in [-0.3, -0.25) is 4.99 Å².